The largest absolute Gasteiger partial charge is 0.370 e. The molecule has 1 atom stereocenters. The van der Waals surface area contributed by atoms with Crippen LogP contribution in [-0.2, 0) is 19.6 Å². The number of likely N-dealkylation sites (tertiary alicyclic amines) is 2. The zero-order valence-corrected chi connectivity index (χ0v) is 22.3. The molecule has 1 aromatic rings. The van der Waals surface area contributed by atoms with E-state index in [0.717, 1.165) is 25.9 Å². The Bertz CT molecular complexity index is 957. The molecule has 0 radical (unpaired) electrons. The van der Waals surface area contributed by atoms with Crippen molar-refractivity contribution in [2.45, 2.75) is 61.9 Å². The van der Waals surface area contributed by atoms with Gasteiger partial charge < -0.3 is 14.5 Å². The maximum Gasteiger partial charge on any atom is 0.248 e. The van der Waals surface area contributed by atoms with Crippen molar-refractivity contribution in [3.05, 3.63) is 27.2 Å². The number of halogens is 3. The van der Waals surface area contributed by atoms with Crippen molar-refractivity contribution < 1.29 is 17.9 Å². The van der Waals surface area contributed by atoms with Crippen molar-refractivity contribution >= 4 is 50.7 Å². The van der Waals surface area contributed by atoms with Crippen molar-refractivity contribution in [1.82, 2.24) is 14.1 Å². The van der Waals surface area contributed by atoms with E-state index in [0.29, 0.717) is 25.4 Å². The summed E-state index contributed by atoms with van der Waals surface area (Å²) < 4.78 is 33.7. The van der Waals surface area contributed by atoms with E-state index in [4.69, 9.17) is 39.5 Å². The standard InChI is InChI=1S/C23H32Cl3N3O4S/c24-17-13-20(25)23(21(26)14-17)34(31,32)29-10-4-5-19(29)15-33-16-22(30)28-11-6-18(7-12-28)27-8-2-1-3-9-27/h13-14,18-19H,1-12,15-16H2. The number of carbonyl (C=O) groups is 1. The minimum atomic E-state index is -3.92. The molecule has 1 unspecified atom stereocenters. The van der Waals surface area contributed by atoms with E-state index in [1.807, 2.05) is 4.90 Å². The molecule has 1 amide bonds. The highest BCUT2D eigenvalue weighted by Gasteiger charge is 2.38. The molecule has 7 nitrogen and oxygen atoms in total. The molecule has 0 N–H and O–H groups in total. The van der Waals surface area contributed by atoms with Crippen LogP contribution in [0.25, 0.3) is 0 Å². The summed E-state index contributed by atoms with van der Waals surface area (Å²) in [5, 5.41) is 0.258. The highest BCUT2D eigenvalue weighted by molar-refractivity contribution is 7.89. The van der Waals surface area contributed by atoms with E-state index in [1.54, 1.807) is 0 Å². The van der Waals surface area contributed by atoms with Gasteiger partial charge in [0.25, 0.3) is 0 Å². The zero-order chi connectivity index (χ0) is 24.3. The first kappa shape index (κ1) is 26.5. The molecule has 0 aromatic heterocycles. The lowest BCUT2D eigenvalue weighted by Crippen LogP contribution is -2.49. The molecular weight excluding hydrogens is 521 g/mol. The summed E-state index contributed by atoms with van der Waals surface area (Å²) in [6, 6.07) is 2.95. The zero-order valence-electron chi connectivity index (χ0n) is 19.2. The summed E-state index contributed by atoms with van der Waals surface area (Å²) in [4.78, 5) is 17.0. The third-order valence-electron chi connectivity index (χ3n) is 7.11. The van der Waals surface area contributed by atoms with Crippen molar-refractivity contribution in [3.63, 3.8) is 0 Å². The Morgan fingerprint density at radius 3 is 2.21 bits per heavy atom. The van der Waals surface area contributed by atoms with Crippen molar-refractivity contribution in [3.8, 4) is 0 Å². The molecule has 0 bridgehead atoms. The number of carbonyl (C=O) groups excluding carboxylic acids is 1. The molecular formula is C23H32Cl3N3O4S. The minimum absolute atomic E-state index is 0.00722. The fraction of sp³-hybridized carbons (Fsp3) is 0.696. The fourth-order valence-corrected chi connectivity index (χ4v) is 8.50. The first-order chi connectivity index (χ1) is 16.3. The van der Waals surface area contributed by atoms with Crippen LogP contribution in [0.2, 0.25) is 15.1 Å². The van der Waals surface area contributed by atoms with Crippen LogP contribution in [0.15, 0.2) is 17.0 Å². The van der Waals surface area contributed by atoms with Gasteiger partial charge in [0.1, 0.15) is 11.5 Å². The maximum absolute atomic E-state index is 13.3. The molecule has 3 aliphatic rings. The predicted octanol–water partition coefficient (Wildman–Crippen LogP) is 4.29. The molecule has 0 aliphatic carbocycles. The Kier molecular flexibility index (Phi) is 9.05. The summed E-state index contributed by atoms with van der Waals surface area (Å²) in [7, 11) is -3.92. The highest BCUT2D eigenvalue weighted by atomic mass is 35.5. The number of ether oxygens (including phenoxy) is 1. The van der Waals surface area contributed by atoms with Gasteiger partial charge in [0.15, 0.2) is 0 Å². The number of rotatable bonds is 7. The molecule has 3 heterocycles. The summed E-state index contributed by atoms with van der Waals surface area (Å²) >= 11 is 18.3. The van der Waals surface area contributed by atoms with Crippen LogP contribution in [0.1, 0.15) is 44.9 Å². The Morgan fingerprint density at radius 1 is 0.912 bits per heavy atom. The van der Waals surface area contributed by atoms with E-state index >= 15 is 0 Å². The van der Waals surface area contributed by atoms with E-state index in [2.05, 4.69) is 4.90 Å². The number of benzene rings is 1. The number of amides is 1. The Labute approximate surface area is 217 Å². The smallest absolute Gasteiger partial charge is 0.248 e. The summed E-state index contributed by atoms with van der Waals surface area (Å²) in [6.07, 6.45) is 7.23. The second-order valence-electron chi connectivity index (χ2n) is 9.33. The third-order valence-corrected chi connectivity index (χ3v) is 10.2. The Hall–Kier alpha value is -0.610. The van der Waals surface area contributed by atoms with Gasteiger partial charge in [0.05, 0.1) is 16.7 Å². The minimum Gasteiger partial charge on any atom is -0.370 e. The first-order valence-electron chi connectivity index (χ1n) is 12.0. The number of nitrogens with zero attached hydrogens (tertiary/aromatic N) is 3. The monoisotopic (exact) mass is 551 g/mol. The summed E-state index contributed by atoms with van der Waals surface area (Å²) in [6.45, 7) is 4.31. The van der Waals surface area contributed by atoms with Crippen LogP contribution in [0.5, 0.6) is 0 Å². The molecule has 3 fully saturated rings. The molecule has 190 valence electrons. The summed E-state index contributed by atoms with van der Waals surface area (Å²) in [5.74, 6) is -0.0340. The topological polar surface area (TPSA) is 70.2 Å². The molecule has 0 spiro atoms. The molecule has 3 saturated heterocycles. The number of hydrogen-bond donors (Lipinski definition) is 0. The maximum atomic E-state index is 13.3. The van der Waals surface area contributed by atoms with Gasteiger partial charge in [-0.25, -0.2) is 8.42 Å². The lowest BCUT2D eigenvalue weighted by Gasteiger charge is -2.40. The summed E-state index contributed by atoms with van der Waals surface area (Å²) in [5.41, 5.74) is 0. The SMILES string of the molecule is O=C(COCC1CCCN1S(=O)(=O)c1c(Cl)cc(Cl)cc1Cl)N1CCC(N2CCCCC2)CC1. The third kappa shape index (κ3) is 6.02. The Morgan fingerprint density at radius 2 is 1.56 bits per heavy atom. The van der Waals surface area contributed by atoms with Crippen LogP contribution >= 0.6 is 34.8 Å². The molecule has 34 heavy (non-hydrogen) atoms. The van der Waals surface area contributed by atoms with Crippen molar-refractivity contribution in [2.75, 3.05) is 45.9 Å². The van der Waals surface area contributed by atoms with Gasteiger partial charge in [-0.05, 0) is 63.7 Å². The van der Waals surface area contributed by atoms with Gasteiger partial charge in [0.2, 0.25) is 15.9 Å². The van der Waals surface area contributed by atoms with Crippen LogP contribution in [-0.4, -0.2) is 86.5 Å². The van der Waals surface area contributed by atoms with Crippen LogP contribution in [0.4, 0.5) is 0 Å². The van der Waals surface area contributed by atoms with Crippen LogP contribution in [0, 0.1) is 0 Å². The average Bonchev–Trinajstić information content (AvgIpc) is 3.28. The average molecular weight is 553 g/mol. The lowest BCUT2D eigenvalue weighted by molar-refractivity contribution is -0.138. The van der Waals surface area contributed by atoms with Gasteiger partial charge in [-0.1, -0.05) is 41.2 Å². The van der Waals surface area contributed by atoms with Crippen LogP contribution < -0.4 is 0 Å². The van der Waals surface area contributed by atoms with E-state index in [-0.39, 0.29) is 45.1 Å². The molecule has 3 aliphatic heterocycles. The van der Waals surface area contributed by atoms with E-state index in [1.165, 1.54) is 48.8 Å². The van der Waals surface area contributed by atoms with Gasteiger partial charge >= 0.3 is 0 Å². The lowest BCUT2D eigenvalue weighted by atomic mass is 10.00. The highest BCUT2D eigenvalue weighted by Crippen LogP contribution is 2.37. The second-order valence-corrected chi connectivity index (χ2v) is 12.4. The predicted molar refractivity (Wildman–Crippen MR) is 134 cm³/mol. The molecule has 1 aromatic carbocycles. The molecule has 0 saturated carbocycles. The molecule has 4 rings (SSSR count). The molecule has 11 heteroatoms. The fourth-order valence-electron chi connectivity index (χ4n) is 5.32. The number of hydrogen-bond acceptors (Lipinski definition) is 5. The van der Waals surface area contributed by atoms with Gasteiger partial charge in [-0.3, -0.25) is 4.79 Å². The van der Waals surface area contributed by atoms with E-state index in [9.17, 15) is 13.2 Å². The Balaban J connectivity index is 1.28. The van der Waals surface area contributed by atoms with Crippen LogP contribution in [0.3, 0.4) is 0 Å². The van der Waals surface area contributed by atoms with Gasteiger partial charge in [-0.2, -0.15) is 4.31 Å². The number of sulfonamides is 1. The first-order valence-corrected chi connectivity index (χ1v) is 14.6. The quantitative estimate of drug-likeness (QED) is 0.505. The van der Waals surface area contributed by atoms with Crippen molar-refractivity contribution in [2.24, 2.45) is 0 Å². The van der Waals surface area contributed by atoms with Crippen molar-refractivity contribution in [1.29, 1.82) is 0 Å². The van der Waals surface area contributed by atoms with E-state index < -0.39 is 10.0 Å². The van der Waals surface area contributed by atoms with Gasteiger partial charge in [0, 0.05) is 36.7 Å². The van der Waals surface area contributed by atoms with Gasteiger partial charge in [-0.15, -0.1) is 0 Å². The normalized spacial score (nSPS) is 23.5. The second kappa shape index (κ2) is 11.6. The number of piperidine rings is 2.